The van der Waals surface area contributed by atoms with E-state index in [1.54, 1.807) is 4.68 Å². The summed E-state index contributed by atoms with van der Waals surface area (Å²) in [5, 5.41) is 19.3. The van der Waals surface area contributed by atoms with Gasteiger partial charge in [0, 0.05) is 23.8 Å². The minimum atomic E-state index is -0.479. The maximum Gasteiger partial charge on any atom is 0.251 e. The highest BCUT2D eigenvalue weighted by molar-refractivity contribution is 5.76. The molecule has 1 aliphatic carbocycles. The van der Waals surface area contributed by atoms with E-state index in [0.717, 1.165) is 74.6 Å². The molecule has 162 valence electrons. The lowest BCUT2D eigenvalue weighted by Gasteiger charge is -2.32. The van der Waals surface area contributed by atoms with Gasteiger partial charge in [-0.2, -0.15) is 5.10 Å². The van der Waals surface area contributed by atoms with Crippen LogP contribution in [0, 0.1) is 0 Å². The smallest absolute Gasteiger partial charge is 0.251 e. The van der Waals surface area contributed by atoms with Crippen molar-refractivity contribution in [3.63, 3.8) is 0 Å². The van der Waals surface area contributed by atoms with Gasteiger partial charge in [-0.3, -0.25) is 9.48 Å². The normalized spacial score (nSPS) is 19.2. The van der Waals surface area contributed by atoms with Gasteiger partial charge >= 0.3 is 0 Å². The van der Waals surface area contributed by atoms with Crippen LogP contribution in [0.25, 0.3) is 16.7 Å². The molecule has 4 bridgehead atoms. The van der Waals surface area contributed by atoms with Crippen LogP contribution in [0.1, 0.15) is 56.3 Å². The van der Waals surface area contributed by atoms with Crippen molar-refractivity contribution < 1.29 is 5.11 Å². The van der Waals surface area contributed by atoms with Crippen LogP contribution in [0.2, 0.25) is 0 Å². The molecule has 3 aromatic rings. The molecule has 1 aliphatic heterocycles. The van der Waals surface area contributed by atoms with E-state index in [-0.39, 0.29) is 17.0 Å². The Morgan fingerprint density at radius 3 is 2.77 bits per heavy atom. The number of nitrogens with one attached hydrogen (secondary N) is 1. The zero-order valence-corrected chi connectivity index (χ0v) is 17.8. The highest BCUT2D eigenvalue weighted by Crippen LogP contribution is 2.40. The Bertz CT molecular complexity index is 1190. The van der Waals surface area contributed by atoms with Crippen molar-refractivity contribution in [3.8, 4) is 5.75 Å². The van der Waals surface area contributed by atoms with E-state index in [9.17, 15) is 9.90 Å². The maximum absolute atomic E-state index is 12.5. The van der Waals surface area contributed by atoms with Gasteiger partial charge in [0.05, 0.1) is 24.0 Å². The lowest BCUT2D eigenvalue weighted by molar-refractivity contribution is 0.240. The lowest BCUT2D eigenvalue weighted by Crippen LogP contribution is -2.36. The van der Waals surface area contributed by atoms with E-state index in [4.69, 9.17) is 4.98 Å². The molecule has 1 saturated carbocycles. The van der Waals surface area contributed by atoms with Gasteiger partial charge < -0.3 is 15.0 Å². The monoisotopic (exact) mass is 419 g/mol. The Hall–Kier alpha value is -3.09. The molecule has 0 unspecified atom stereocenters. The number of pyridine rings is 1. The summed E-state index contributed by atoms with van der Waals surface area (Å²) in [4.78, 5) is 17.6. The molecule has 0 saturated heterocycles. The predicted octanol–water partition coefficient (Wildman–Crippen LogP) is 3.55. The third-order valence-electron chi connectivity index (χ3n) is 6.78. The lowest BCUT2D eigenvalue weighted by atomic mass is 9.97. The fourth-order valence-corrected chi connectivity index (χ4v) is 5.11. The van der Waals surface area contributed by atoms with Crippen LogP contribution >= 0.6 is 0 Å². The van der Waals surface area contributed by atoms with Crippen molar-refractivity contribution in [1.82, 2.24) is 24.6 Å². The quantitative estimate of drug-likeness (QED) is 0.582. The zero-order chi connectivity index (χ0) is 21.4. The highest BCUT2D eigenvalue weighted by Gasteiger charge is 2.37. The molecule has 31 heavy (non-hydrogen) atoms. The number of aryl methyl sites for hydroxylation is 1. The molecule has 1 fully saturated rings. The summed E-state index contributed by atoms with van der Waals surface area (Å²) in [6.45, 7) is 5.29. The molecule has 0 aromatic carbocycles. The second kappa shape index (κ2) is 7.87. The van der Waals surface area contributed by atoms with E-state index < -0.39 is 5.43 Å². The molecular weight excluding hydrogens is 390 g/mol. The van der Waals surface area contributed by atoms with Crippen LogP contribution in [0.4, 0.5) is 0 Å². The third kappa shape index (κ3) is 3.62. The summed E-state index contributed by atoms with van der Waals surface area (Å²) in [7, 11) is 0. The molecule has 7 nitrogen and oxygen atoms in total. The molecule has 0 amide bonds. The fourth-order valence-electron chi connectivity index (χ4n) is 5.11. The summed E-state index contributed by atoms with van der Waals surface area (Å²) in [5.74, 6) is -0.292. The molecule has 2 aliphatic rings. The van der Waals surface area contributed by atoms with Gasteiger partial charge in [-0.15, -0.1) is 0 Å². The van der Waals surface area contributed by atoms with Crippen molar-refractivity contribution >= 4 is 16.7 Å². The Morgan fingerprint density at radius 1 is 1.10 bits per heavy atom. The first kappa shape index (κ1) is 19.8. The van der Waals surface area contributed by atoms with E-state index in [0.29, 0.717) is 12.2 Å². The molecule has 3 aromatic heterocycles. The van der Waals surface area contributed by atoms with Gasteiger partial charge in [0.25, 0.3) is 5.43 Å². The highest BCUT2D eigenvalue weighted by atomic mass is 16.3. The Kier molecular flexibility index (Phi) is 5.04. The SMILES string of the molecule is C=C1NCCCCCc2ccc3ccn(c3n2)C2(CCCC2)Cn2cc(O)c(=O)c1n2. The second-order valence-electron chi connectivity index (χ2n) is 8.94. The van der Waals surface area contributed by atoms with Gasteiger partial charge in [-0.05, 0) is 50.3 Å². The number of hydrogen-bond acceptors (Lipinski definition) is 5. The van der Waals surface area contributed by atoms with Gasteiger partial charge in [-0.25, -0.2) is 4.98 Å². The van der Waals surface area contributed by atoms with Crippen molar-refractivity contribution in [2.45, 2.75) is 63.5 Å². The number of hydrogen-bond donors (Lipinski definition) is 2. The van der Waals surface area contributed by atoms with Crippen LogP contribution in [-0.2, 0) is 18.5 Å². The topological polar surface area (TPSA) is 85.0 Å². The number of rotatable bonds is 0. The van der Waals surface area contributed by atoms with Crippen molar-refractivity contribution in [1.29, 1.82) is 0 Å². The first-order chi connectivity index (χ1) is 15.1. The van der Waals surface area contributed by atoms with Crippen LogP contribution < -0.4 is 10.7 Å². The van der Waals surface area contributed by atoms with Crippen molar-refractivity contribution in [2.75, 3.05) is 6.54 Å². The minimum absolute atomic E-state index is 0.190. The Labute approximate surface area is 181 Å². The van der Waals surface area contributed by atoms with Crippen LogP contribution in [-0.4, -0.2) is 31.0 Å². The van der Waals surface area contributed by atoms with E-state index in [1.165, 1.54) is 6.20 Å². The number of fused-ring (bicyclic) bond motifs is 4. The predicted molar refractivity (Wildman–Crippen MR) is 121 cm³/mol. The molecular formula is C24H29N5O2. The molecule has 0 atom stereocenters. The Balaban J connectivity index is 1.65. The number of aromatic nitrogens is 4. The summed E-state index contributed by atoms with van der Waals surface area (Å²) >= 11 is 0. The Morgan fingerprint density at radius 2 is 1.94 bits per heavy atom. The first-order valence-corrected chi connectivity index (χ1v) is 11.3. The third-order valence-corrected chi connectivity index (χ3v) is 6.78. The number of nitrogens with zero attached hydrogens (tertiary/aromatic N) is 4. The van der Waals surface area contributed by atoms with Gasteiger partial charge in [0.15, 0.2) is 11.4 Å². The van der Waals surface area contributed by atoms with E-state index >= 15 is 0 Å². The average molecular weight is 420 g/mol. The summed E-state index contributed by atoms with van der Waals surface area (Å²) in [6.07, 6.45) is 11.9. The second-order valence-corrected chi connectivity index (χ2v) is 8.94. The standard InChI is InChI=1S/C24H29N5O2/c1-17-21-22(31)20(30)15-28(27-21)16-24(11-4-5-12-24)29-14-10-18-8-9-19(26-23(18)29)7-3-2-6-13-25-17/h8-10,14-15,25,30H,1-7,11-13,16H2. The first-order valence-electron chi connectivity index (χ1n) is 11.3. The van der Waals surface area contributed by atoms with Crippen molar-refractivity contribution in [3.05, 3.63) is 58.8 Å². The minimum Gasteiger partial charge on any atom is -0.503 e. The average Bonchev–Trinajstić information content (AvgIpc) is 3.39. The molecule has 7 heteroatoms. The van der Waals surface area contributed by atoms with Gasteiger partial charge in [-0.1, -0.05) is 25.8 Å². The molecule has 0 radical (unpaired) electrons. The van der Waals surface area contributed by atoms with Crippen molar-refractivity contribution in [2.24, 2.45) is 0 Å². The molecule has 5 rings (SSSR count). The molecule has 1 spiro atoms. The zero-order valence-electron chi connectivity index (χ0n) is 17.8. The van der Waals surface area contributed by atoms with Gasteiger partial charge in [0.1, 0.15) is 5.65 Å². The maximum atomic E-state index is 12.5. The summed E-state index contributed by atoms with van der Waals surface area (Å²) in [6, 6.07) is 6.45. The number of aromatic hydroxyl groups is 1. The van der Waals surface area contributed by atoms with Crippen LogP contribution in [0.5, 0.6) is 5.75 Å². The van der Waals surface area contributed by atoms with Crippen LogP contribution in [0.3, 0.4) is 0 Å². The largest absolute Gasteiger partial charge is 0.503 e. The van der Waals surface area contributed by atoms with Crippen LogP contribution in [0.15, 0.2) is 42.0 Å². The molecule has 2 N–H and O–H groups in total. The summed E-state index contributed by atoms with van der Waals surface area (Å²) in [5.41, 5.74) is 2.14. The van der Waals surface area contributed by atoms with E-state index in [1.807, 2.05) is 0 Å². The summed E-state index contributed by atoms with van der Waals surface area (Å²) < 4.78 is 4.03. The fraction of sp³-hybridized carbons (Fsp3) is 0.458. The van der Waals surface area contributed by atoms with E-state index in [2.05, 4.69) is 46.0 Å². The van der Waals surface area contributed by atoms with Gasteiger partial charge in [0.2, 0.25) is 0 Å². The molecule has 4 heterocycles.